The number of halogens is 2. The minimum absolute atomic E-state index is 0.253. The van der Waals surface area contributed by atoms with Crippen molar-refractivity contribution in [2.75, 3.05) is 11.1 Å². The number of amides is 1. The highest BCUT2D eigenvalue weighted by atomic mass is 35.5. The van der Waals surface area contributed by atoms with E-state index >= 15 is 0 Å². The van der Waals surface area contributed by atoms with Crippen molar-refractivity contribution in [3.05, 3.63) is 46.1 Å². The van der Waals surface area contributed by atoms with Gasteiger partial charge >= 0.3 is 0 Å². The molecule has 0 saturated carbocycles. The van der Waals surface area contributed by atoms with Gasteiger partial charge in [-0.3, -0.25) is 4.79 Å². The molecule has 0 spiro atoms. The van der Waals surface area contributed by atoms with Gasteiger partial charge < -0.3 is 11.1 Å². The summed E-state index contributed by atoms with van der Waals surface area (Å²) in [4.78, 5) is 11.9. The average molecular weight is 283 g/mol. The molecule has 0 aliphatic rings. The Bertz CT molecular complexity index is 586. The fourth-order valence-electron chi connectivity index (χ4n) is 1.26. The molecule has 1 amide bonds. The standard InChI is InChI=1S/C11H8Cl2N4O/c12-7-2-1-6(5-8(7)14)11(18)15-10-4-3-9(13)16-17-10/h1-5H,14H2,(H,15,17,18). The van der Waals surface area contributed by atoms with E-state index in [9.17, 15) is 4.79 Å². The summed E-state index contributed by atoms with van der Waals surface area (Å²) in [5.41, 5.74) is 6.34. The second kappa shape index (κ2) is 5.20. The topological polar surface area (TPSA) is 80.9 Å². The van der Waals surface area contributed by atoms with E-state index in [4.69, 9.17) is 28.9 Å². The first-order valence-electron chi connectivity index (χ1n) is 4.92. The van der Waals surface area contributed by atoms with Gasteiger partial charge in [-0.15, -0.1) is 10.2 Å². The van der Waals surface area contributed by atoms with Crippen molar-refractivity contribution >= 4 is 40.6 Å². The number of nitrogens with one attached hydrogen (secondary N) is 1. The number of nitrogen functional groups attached to an aromatic ring is 1. The number of benzene rings is 1. The second-order valence-corrected chi connectivity index (χ2v) is 4.23. The van der Waals surface area contributed by atoms with Gasteiger partial charge in [-0.05, 0) is 30.3 Å². The van der Waals surface area contributed by atoms with Gasteiger partial charge in [0, 0.05) is 5.56 Å². The Balaban J connectivity index is 2.16. The molecular weight excluding hydrogens is 275 g/mol. The van der Waals surface area contributed by atoms with E-state index in [0.717, 1.165) is 0 Å². The third-order valence-electron chi connectivity index (χ3n) is 2.13. The number of nitrogens with two attached hydrogens (primary N) is 1. The Hall–Kier alpha value is -1.85. The normalized spacial score (nSPS) is 10.1. The minimum Gasteiger partial charge on any atom is -0.398 e. The van der Waals surface area contributed by atoms with Gasteiger partial charge in [0.05, 0.1) is 10.7 Å². The van der Waals surface area contributed by atoms with E-state index in [1.165, 1.54) is 12.1 Å². The van der Waals surface area contributed by atoms with Crippen molar-refractivity contribution in [2.24, 2.45) is 0 Å². The summed E-state index contributed by atoms with van der Waals surface area (Å²) in [5.74, 6) is -0.0482. The summed E-state index contributed by atoms with van der Waals surface area (Å²) < 4.78 is 0. The molecule has 0 radical (unpaired) electrons. The molecule has 1 heterocycles. The third-order valence-corrected chi connectivity index (χ3v) is 2.68. The van der Waals surface area contributed by atoms with Crippen molar-refractivity contribution in [1.29, 1.82) is 0 Å². The Morgan fingerprint density at radius 1 is 1.17 bits per heavy atom. The molecule has 0 unspecified atom stereocenters. The van der Waals surface area contributed by atoms with Crippen molar-refractivity contribution in [3.63, 3.8) is 0 Å². The maximum Gasteiger partial charge on any atom is 0.256 e. The number of rotatable bonds is 2. The van der Waals surface area contributed by atoms with E-state index in [2.05, 4.69) is 15.5 Å². The monoisotopic (exact) mass is 282 g/mol. The molecule has 0 atom stereocenters. The van der Waals surface area contributed by atoms with Crippen LogP contribution in [0.3, 0.4) is 0 Å². The first kappa shape index (κ1) is 12.6. The van der Waals surface area contributed by atoms with Gasteiger partial charge in [-0.25, -0.2) is 0 Å². The average Bonchev–Trinajstić information content (AvgIpc) is 2.35. The van der Waals surface area contributed by atoms with E-state index in [0.29, 0.717) is 22.1 Å². The highest BCUT2D eigenvalue weighted by molar-refractivity contribution is 6.33. The molecule has 7 heteroatoms. The number of hydrogen-bond donors (Lipinski definition) is 2. The fourth-order valence-corrected chi connectivity index (χ4v) is 1.47. The van der Waals surface area contributed by atoms with Crippen LogP contribution in [0.25, 0.3) is 0 Å². The van der Waals surface area contributed by atoms with Gasteiger partial charge in [-0.1, -0.05) is 23.2 Å². The van der Waals surface area contributed by atoms with Crippen LogP contribution < -0.4 is 11.1 Å². The van der Waals surface area contributed by atoms with Gasteiger partial charge in [0.1, 0.15) is 0 Å². The highest BCUT2D eigenvalue weighted by Crippen LogP contribution is 2.20. The quantitative estimate of drug-likeness (QED) is 0.830. The Labute approximate surface area is 113 Å². The van der Waals surface area contributed by atoms with Crippen LogP contribution in [0.15, 0.2) is 30.3 Å². The van der Waals surface area contributed by atoms with Gasteiger partial charge in [0.15, 0.2) is 11.0 Å². The lowest BCUT2D eigenvalue weighted by atomic mass is 10.2. The zero-order chi connectivity index (χ0) is 13.1. The molecule has 1 aromatic heterocycles. The molecule has 0 saturated heterocycles. The van der Waals surface area contributed by atoms with Crippen molar-refractivity contribution in [1.82, 2.24) is 10.2 Å². The van der Waals surface area contributed by atoms with Crippen LogP contribution >= 0.6 is 23.2 Å². The molecule has 0 fully saturated rings. The molecule has 92 valence electrons. The predicted molar refractivity (Wildman–Crippen MR) is 70.9 cm³/mol. The van der Waals surface area contributed by atoms with Crippen LogP contribution in [0.5, 0.6) is 0 Å². The van der Waals surface area contributed by atoms with Gasteiger partial charge in [0.2, 0.25) is 0 Å². The first-order chi connectivity index (χ1) is 8.56. The minimum atomic E-state index is -0.352. The van der Waals surface area contributed by atoms with E-state index in [1.54, 1.807) is 18.2 Å². The highest BCUT2D eigenvalue weighted by Gasteiger charge is 2.08. The molecule has 18 heavy (non-hydrogen) atoms. The lowest BCUT2D eigenvalue weighted by Gasteiger charge is -2.05. The SMILES string of the molecule is Nc1cc(C(=O)Nc2ccc(Cl)nn2)ccc1Cl. The molecule has 2 aromatic rings. The van der Waals surface area contributed by atoms with E-state index in [-0.39, 0.29) is 11.1 Å². The van der Waals surface area contributed by atoms with E-state index < -0.39 is 0 Å². The summed E-state index contributed by atoms with van der Waals surface area (Å²) in [5, 5.41) is 10.5. The van der Waals surface area contributed by atoms with Gasteiger partial charge in [0.25, 0.3) is 5.91 Å². The van der Waals surface area contributed by atoms with Crippen LogP contribution in [0.1, 0.15) is 10.4 Å². The molecular formula is C11H8Cl2N4O. The summed E-state index contributed by atoms with van der Waals surface area (Å²) in [6.07, 6.45) is 0. The number of aromatic nitrogens is 2. The largest absolute Gasteiger partial charge is 0.398 e. The Morgan fingerprint density at radius 2 is 1.94 bits per heavy atom. The Morgan fingerprint density at radius 3 is 2.56 bits per heavy atom. The summed E-state index contributed by atoms with van der Waals surface area (Å²) >= 11 is 11.4. The summed E-state index contributed by atoms with van der Waals surface area (Å²) in [6.45, 7) is 0. The Kier molecular flexibility index (Phi) is 3.64. The maximum atomic E-state index is 11.9. The number of anilines is 2. The number of nitrogens with zero attached hydrogens (tertiary/aromatic N) is 2. The lowest BCUT2D eigenvalue weighted by Crippen LogP contribution is -2.13. The fraction of sp³-hybridized carbons (Fsp3) is 0. The maximum absolute atomic E-state index is 11.9. The molecule has 0 aliphatic carbocycles. The molecule has 0 bridgehead atoms. The smallest absolute Gasteiger partial charge is 0.256 e. The zero-order valence-corrected chi connectivity index (χ0v) is 10.5. The van der Waals surface area contributed by atoms with Crippen molar-refractivity contribution < 1.29 is 4.79 Å². The van der Waals surface area contributed by atoms with Crippen LogP contribution in [-0.2, 0) is 0 Å². The number of carbonyl (C=O) groups is 1. The van der Waals surface area contributed by atoms with Crippen molar-refractivity contribution in [3.8, 4) is 0 Å². The van der Waals surface area contributed by atoms with Crippen molar-refractivity contribution in [2.45, 2.75) is 0 Å². The van der Waals surface area contributed by atoms with Crippen LogP contribution in [0.4, 0.5) is 11.5 Å². The summed E-state index contributed by atoms with van der Waals surface area (Å²) in [6, 6.07) is 7.69. The third kappa shape index (κ3) is 2.88. The number of carbonyl (C=O) groups excluding carboxylic acids is 1. The molecule has 3 N–H and O–H groups in total. The zero-order valence-electron chi connectivity index (χ0n) is 9.02. The molecule has 1 aromatic carbocycles. The predicted octanol–water partition coefficient (Wildman–Crippen LogP) is 2.62. The van der Waals surface area contributed by atoms with E-state index in [1.807, 2.05) is 0 Å². The number of hydrogen-bond acceptors (Lipinski definition) is 4. The lowest BCUT2D eigenvalue weighted by molar-refractivity contribution is 0.102. The summed E-state index contributed by atoms with van der Waals surface area (Å²) in [7, 11) is 0. The van der Waals surface area contributed by atoms with Crippen LogP contribution in [0, 0.1) is 0 Å². The van der Waals surface area contributed by atoms with Crippen LogP contribution in [0.2, 0.25) is 10.2 Å². The second-order valence-electron chi connectivity index (χ2n) is 3.43. The van der Waals surface area contributed by atoms with Gasteiger partial charge in [-0.2, -0.15) is 0 Å². The molecule has 2 rings (SSSR count). The van der Waals surface area contributed by atoms with Crippen LogP contribution in [-0.4, -0.2) is 16.1 Å². The first-order valence-corrected chi connectivity index (χ1v) is 5.67. The molecule has 5 nitrogen and oxygen atoms in total. The molecule has 0 aliphatic heterocycles.